The van der Waals surface area contributed by atoms with Crippen LogP contribution in [0.25, 0.3) is 11.0 Å². The Morgan fingerprint density at radius 3 is 2.62 bits per heavy atom. The Hall–Kier alpha value is -1.09. The molecule has 0 bridgehead atoms. The smallest absolute Gasteiger partial charge is 0.125 e. The Bertz CT molecular complexity index is 627. The zero-order valence-electron chi connectivity index (χ0n) is 12.6. The van der Waals surface area contributed by atoms with Crippen LogP contribution in [0.1, 0.15) is 45.0 Å². The summed E-state index contributed by atoms with van der Waals surface area (Å²) in [7, 11) is 0. The van der Waals surface area contributed by atoms with Crippen LogP contribution < -0.4 is 0 Å². The lowest BCUT2D eigenvalue weighted by Gasteiger charge is -2.33. The number of benzene rings is 1. The van der Waals surface area contributed by atoms with Crippen molar-refractivity contribution < 1.29 is 4.39 Å². The molecule has 2 aromatic rings. The standard InChI is InChI=1S/C17H22ClFN2/c1-11-7-12(2)9-14(8-11)21-16-10-13(19)3-4-15(16)20-17(21)5-6-18/h3-4,10-12,14H,5-9H2,1-2H3. The Balaban J connectivity index is 2.09. The van der Waals surface area contributed by atoms with Crippen molar-refractivity contribution in [3.05, 3.63) is 29.8 Å². The summed E-state index contributed by atoms with van der Waals surface area (Å²) in [5.41, 5.74) is 1.80. The molecule has 0 radical (unpaired) electrons. The average Bonchev–Trinajstić information content (AvgIpc) is 2.75. The van der Waals surface area contributed by atoms with E-state index in [9.17, 15) is 4.39 Å². The lowest BCUT2D eigenvalue weighted by atomic mass is 9.80. The predicted molar refractivity (Wildman–Crippen MR) is 85.3 cm³/mol. The van der Waals surface area contributed by atoms with Gasteiger partial charge >= 0.3 is 0 Å². The van der Waals surface area contributed by atoms with Gasteiger partial charge in [-0.05, 0) is 49.3 Å². The van der Waals surface area contributed by atoms with Gasteiger partial charge in [-0.2, -0.15) is 0 Å². The molecule has 0 N–H and O–H groups in total. The summed E-state index contributed by atoms with van der Waals surface area (Å²) in [6.45, 7) is 4.62. The molecule has 4 heteroatoms. The van der Waals surface area contributed by atoms with Crippen LogP contribution in [-0.2, 0) is 6.42 Å². The van der Waals surface area contributed by atoms with Gasteiger partial charge in [0.1, 0.15) is 11.6 Å². The summed E-state index contributed by atoms with van der Waals surface area (Å²) < 4.78 is 15.9. The number of hydrogen-bond donors (Lipinski definition) is 0. The van der Waals surface area contributed by atoms with Crippen LogP contribution in [0.2, 0.25) is 0 Å². The number of hydrogen-bond acceptors (Lipinski definition) is 1. The zero-order chi connectivity index (χ0) is 15.0. The molecule has 1 heterocycles. The molecule has 1 fully saturated rings. The van der Waals surface area contributed by atoms with Crippen molar-refractivity contribution in [2.24, 2.45) is 11.8 Å². The highest BCUT2D eigenvalue weighted by atomic mass is 35.5. The molecule has 1 aromatic carbocycles. The summed E-state index contributed by atoms with van der Waals surface area (Å²) in [4.78, 5) is 4.68. The Kier molecular flexibility index (Phi) is 4.21. The SMILES string of the molecule is CC1CC(C)CC(n2c(CCCl)nc3ccc(F)cc32)C1. The van der Waals surface area contributed by atoms with Gasteiger partial charge in [-0.1, -0.05) is 13.8 Å². The van der Waals surface area contributed by atoms with Crippen LogP contribution in [0, 0.1) is 17.7 Å². The van der Waals surface area contributed by atoms with Gasteiger partial charge in [0.15, 0.2) is 0 Å². The van der Waals surface area contributed by atoms with Crippen LogP contribution in [0.5, 0.6) is 0 Å². The molecule has 2 nitrogen and oxygen atoms in total. The maximum atomic E-state index is 13.7. The number of rotatable bonds is 3. The van der Waals surface area contributed by atoms with E-state index in [2.05, 4.69) is 23.4 Å². The quantitative estimate of drug-likeness (QED) is 0.733. The van der Waals surface area contributed by atoms with E-state index in [1.807, 2.05) is 0 Å². The van der Waals surface area contributed by atoms with Crippen molar-refractivity contribution in [3.8, 4) is 0 Å². The highest BCUT2D eigenvalue weighted by Gasteiger charge is 2.28. The van der Waals surface area contributed by atoms with E-state index < -0.39 is 0 Å². The molecule has 1 aromatic heterocycles. The van der Waals surface area contributed by atoms with Crippen molar-refractivity contribution in [3.63, 3.8) is 0 Å². The fourth-order valence-electron chi connectivity index (χ4n) is 3.90. The van der Waals surface area contributed by atoms with E-state index in [4.69, 9.17) is 11.6 Å². The predicted octanol–water partition coefficient (Wildman–Crippen LogP) is 4.95. The molecule has 1 aliphatic rings. The van der Waals surface area contributed by atoms with Gasteiger partial charge in [0.2, 0.25) is 0 Å². The number of fused-ring (bicyclic) bond motifs is 1. The average molecular weight is 309 g/mol. The summed E-state index contributed by atoms with van der Waals surface area (Å²) in [5, 5.41) is 0. The van der Waals surface area contributed by atoms with E-state index in [-0.39, 0.29) is 5.82 Å². The van der Waals surface area contributed by atoms with Crippen LogP contribution in [0.3, 0.4) is 0 Å². The highest BCUT2D eigenvalue weighted by molar-refractivity contribution is 6.17. The van der Waals surface area contributed by atoms with Gasteiger partial charge in [0.25, 0.3) is 0 Å². The van der Waals surface area contributed by atoms with E-state index >= 15 is 0 Å². The van der Waals surface area contributed by atoms with Crippen LogP contribution >= 0.6 is 11.6 Å². The van der Waals surface area contributed by atoms with E-state index in [0.717, 1.165) is 36.1 Å². The minimum absolute atomic E-state index is 0.196. The lowest BCUT2D eigenvalue weighted by Crippen LogP contribution is -2.24. The minimum Gasteiger partial charge on any atom is -0.325 e. The highest BCUT2D eigenvalue weighted by Crippen LogP contribution is 2.38. The van der Waals surface area contributed by atoms with Crippen LogP contribution in [0.4, 0.5) is 4.39 Å². The van der Waals surface area contributed by atoms with Gasteiger partial charge in [0, 0.05) is 18.3 Å². The second kappa shape index (κ2) is 5.96. The molecule has 114 valence electrons. The van der Waals surface area contributed by atoms with E-state index in [0.29, 0.717) is 23.8 Å². The number of aromatic nitrogens is 2. The number of imidazole rings is 1. The minimum atomic E-state index is -0.196. The lowest BCUT2D eigenvalue weighted by molar-refractivity contribution is 0.222. The van der Waals surface area contributed by atoms with Crippen LogP contribution in [0.15, 0.2) is 18.2 Å². The number of nitrogens with zero attached hydrogens (tertiary/aromatic N) is 2. The summed E-state index contributed by atoms with van der Waals surface area (Å²) >= 11 is 5.94. The summed E-state index contributed by atoms with van der Waals surface area (Å²) in [6.07, 6.45) is 4.29. The zero-order valence-corrected chi connectivity index (χ0v) is 13.4. The second-order valence-electron chi connectivity index (χ2n) is 6.54. The third kappa shape index (κ3) is 2.94. The van der Waals surface area contributed by atoms with Gasteiger partial charge < -0.3 is 4.57 Å². The maximum absolute atomic E-state index is 13.7. The monoisotopic (exact) mass is 308 g/mol. The van der Waals surface area contributed by atoms with Crippen molar-refractivity contribution in [2.45, 2.75) is 45.6 Å². The fraction of sp³-hybridized carbons (Fsp3) is 0.588. The number of halogens is 2. The van der Waals surface area contributed by atoms with E-state index in [1.54, 1.807) is 12.1 Å². The molecule has 21 heavy (non-hydrogen) atoms. The third-order valence-corrected chi connectivity index (χ3v) is 4.75. The first-order valence-electron chi connectivity index (χ1n) is 7.80. The Morgan fingerprint density at radius 2 is 1.95 bits per heavy atom. The van der Waals surface area contributed by atoms with Crippen molar-refractivity contribution in [2.75, 3.05) is 5.88 Å². The molecule has 0 saturated heterocycles. The first-order chi connectivity index (χ1) is 10.1. The molecule has 0 aliphatic heterocycles. The first-order valence-corrected chi connectivity index (χ1v) is 8.34. The first kappa shape index (κ1) is 14.8. The Labute approximate surface area is 130 Å². The van der Waals surface area contributed by atoms with Crippen molar-refractivity contribution >= 4 is 22.6 Å². The summed E-state index contributed by atoms with van der Waals surface area (Å²) in [6, 6.07) is 5.28. The Morgan fingerprint density at radius 1 is 1.24 bits per heavy atom. The molecular weight excluding hydrogens is 287 g/mol. The number of alkyl halides is 1. The fourth-order valence-corrected chi connectivity index (χ4v) is 4.07. The molecule has 1 saturated carbocycles. The van der Waals surface area contributed by atoms with Crippen LogP contribution in [-0.4, -0.2) is 15.4 Å². The summed E-state index contributed by atoms with van der Waals surface area (Å²) in [5.74, 6) is 2.75. The maximum Gasteiger partial charge on any atom is 0.125 e. The topological polar surface area (TPSA) is 17.8 Å². The van der Waals surface area contributed by atoms with Crippen molar-refractivity contribution in [1.29, 1.82) is 0 Å². The molecular formula is C17H22ClFN2. The number of aryl methyl sites for hydroxylation is 1. The largest absolute Gasteiger partial charge is 0.325 e. The third-order valence-electron chi connectivity index (χ3n) is 4.56. The van der Waals surface area contributed by atoms with Crippen molar-refractivity contribution in [1.82, 2.24) is 9.55 Å². The molecule has 0 spiro atoms. The molecule has 2 atom stereocenters. The van der Waals surface area contributed by atoms with Gasteiger partial charge in [0.05, 0.1) is 11.0 Å². The molecule has 1 aliphatic carbocycles. The van der Waals surface area contributed by atoms with Gasteiger partial charge in [-0.15, -0.1) is 11.6 Å². The van der Waals surface area contributed by atoms with E-state index in [1.165, 1.54) is 12.5 Å². The van der Waals surface area contributed by atoms with Gasteiger partial charge in [-0.25, -0.2) is 9.37 Å². The molecule has 0 amide bonds. The normalized spacial score (nSPS) is 26.4. The second-order valence-corrected chi connectivity index (χ2v) is 6.92. The molecule has 3 rings (SSSR count). The van der Waals surface area contributed by atoms with Gasteiger partial charge in [-0.3, -0.25) is 0 Å². The molecule has 2 unspecified atom stereocenters.